The molecule has 0 atom stereocenters. The summed E-state index contributed by atoms with van der Waals surface area (Å²) in [6, 6.07) is 0. The number of fused-ring (bicyclic) bond motifs is 1. The van der Waals surface area contributed by atoms with Crippen molar-refractivity contribution < 1.29 is 9.53 Å². The van der Waals surface area contributed by atoms with Crippen molar-refractivity contribution in [3.05, 3.63) is 23.5 Å². The van der Waals surface area contributed by atoms with E-state index in [9.17, 15) is 4.79 Å². The number of imidazole rings is 1. The minimum atomic E-state index is -0.476. The first-order valence-corrected chi connectivity index (χ1v) is 9.08. The van der Waals surface area contributed by atoms with E-state index in [1.54, 1.807) is 18.4 Å². The zero-order chi connectivity index (χ0) is 18.3. The van der Waals surface area contributed by atoms with Crippen molar-refractivity contribution in [2.45, 2.75) is 39.3 Å². The van der Waals surface area contributed by atoms with Crippen molar-refractivity contribution in [3.8, 4) is 0 Å². The number of guanidine groups is 1. The Hall–Kier alpha value is -1.56. The molecule has 2 heterocycles. The summed E-state index contributed by atoms with van der Waals surface area (Å²) in [5.74, 6) is 0.702. The molecule has 26 heavy (non-hydrogen) atoms. The lowest BCUT2D eigenvalue weighted by Gasteiger charge is -2.19. The van der Waals surface area contributed by atoms with Crippen LogP contribution in [0.2, 0.25) is 0 Å². The van der Waals surface area contributed by atoms with Crippen LogP contribution in [0, 0.1) is 0 Å². The van der Waals surface area contributed by atoms with E-state index in [1.165, 1.54) is 0 Å². The highest BCUT2D eigenvalue weighted by atomic mass is 127. The van der Waals surface area contributed by atoms with Gasteiger partial charge in [0.2, 0.25) is 0 Å². The Kier molecular flexibility index (Phi) is 9.13. The van der Waals surface area contributed by atoms with Crippen LogP contribution in [-0.2, 0) is 11.3 Å². The van der Waals surface area contributed by atoms with E-state index in [0.29, 0.717) is 25.6 Å². The average molecular weight is 494 g/mol. The molecule has 1 amide bonds. The molecule has 2 aromatic rings. The zero-order valence-corrected chi connectivity index (χ0v) is 18.7. The van der Waals surface area contributed by atoms with Crippen LogP contribution in [0.15, 0.2) is 22.8 Å². The third kappa shape index (κ3) is 7.77. The monoisotopic (exact) mass is 494 g/mol. The molecular formula is C16H27IN6O2S. The number of thiazole rings is 1. The zero-order valence-electron chi connectivity index (χ0n) is 15.5. The molecule has 0 aliphatic heterocycles. The van der Waals surface area contributed by atoms with Crippen molar-refractivity contribution in [1.29, 1.82) is 0 Å². The second kappa shape index (κ2) is 10.6. The smallest absolute Gasteiger partial charge is 0.407 e. The molecule has 0 bridgehead atoms. The quantitative estimate of drug-likeness (QED) is 0.249. The summed E-state index contributed by atoms with van der Waals surface area (Å²) in [4.78, 5) is 21.2. The topological polar surface area (TPSA) is 92.0 Å². The summed E-state index contributed by atoms with van der Waals surface area (Å²) in [6.45, 7) is 7.35. The molecule has 0 saturated heterocycles. The molecule has 0 radical (unpaired) electrons. The largest absolute Gasteiger partial charge is 0.444 e. The normalized spacial score (nSPS) is 11.8. The fourth-order valence-electron chi connectivity index (χ4n) is 2.06. The molecule has 0 fully saturated rings. The summed E-state index contributed by atoms with van der Waals surface area (Å²) in [7, 11) is 1.72. The number of alkyl carbamates (subject to hydrolysis) is 1. The fraction of sp³-hybridized carbons (Fsp3) is 0.562. The maximum Gasteiger partial charge on any atom is 0.407 e. The summed E-state index contributed by atoms with van der Waals surface area (Å²) in [5.41, 5.74) is 0.483. The number of carbonyl (C=O) groups is 1. The summed E-state index contributed by atoms with van der Waals surface area (Å²) < 4.78 is 7.18. The first-order valence-electron chi connectivity index (χ1n) is 8.20. The van der Waals surface area contributed by atoms with Gasteiger partial charge in [0.25, 0.3) is 0 Å². The Balaban J connectivity index is 0.00000338. The van der Waals surface area contributed by atoms with Gasteiger partial charge in [0.1, 0.15) is 5.60 Å². The Morgan fingerprint density at radius 1 is 1.31 bits per heavy atom. The molecule has 146 valence electrons. The second-order valence-electron chi connectivity index (χ2n) is 6.46. The number of hydrogen-bond acceptors (Lipinski definition) is 5. The molecule has 8 nitrogen and oxygen atoms in total. The predicted molar refractivity (Wildman–Crippen MR) is 116 cm³/mol. The molecule has 3 N–H and O–H groups in total. The molecule has 0 saturated carbocycles. The molecule has 0 aliphatic carbocycles. The first kappa shape index (κ1) is 22.5. The third-order valence-corrected chi connectivity index (χ3v) is 3.89. The van der Waals surface area contributed by atoms with Crippen LogP contribution in [0.5, 0.6) is 0 Å². The Bertz CT molecular complexity index is 693. The number of nitrogens with zero attached hydrogens (tertiary/aromatic N) is 3. The number of aromatic nitrogens is 2. The van der Waals surface area contributed by atoms with E-state index in [-0.39, 0.29) is 24.0 Å². The highest BCUT2D eigenvalue weighted by Crippen LogP contribution is 2.10. The number of rotatable bonds is 6. The SMILES string of the molecule is CN=C(NCCCNC(=O)OC(C)(C)C)NCc1cn2ccsc2n1.I. The van der Waals surface area contributed by atoms with Crippen LogP contribution in [0.3, 0.4) is 0 Å². The summed E-state index contributed by atoms with van der Waals surface area (Å²) >= 11 is 1.61. The van der Waals surface area contributed by atoms with Gasteiger partial charge in [0, 0.05) is 37.9 Å². The van der Waals surface area contributed by atoms with Gasteiger partial charge in [-0.1, -0.05) is 0 Å². The lowest BCUT2D eigenvalue weighted by atomic mass is 10.2. The van der Waals surface area contributed by atoms with E-state index in [1.807, 2.05) is 42.9 Å². The first-order chi connectivity index (χ1) is 11.9. The molecule has 0 aromatic carbocycles. The van der Waals surface area contributed by atoms with Crippen molar-refractivity contribution >= 4 is 52.3 Å². The highest BCUT2D eigenvalue weighted by Gasteiger charge is 2.15. The molecule has 2 aromatic heterocycles. The molecule has 2 rings (SSSR count). The van der Waals surface area contributed by atoms with Gasteiger partial charge in [-0.15, -0.1) is 35.3 Å². The number of carbonyl (C=O) groups excluding carboxylic acids is 1. The lowest BCUT2D eigenvalue weighted by molar-refractivity contribution is 0.0527. The van der Waals surface area contributed by atoms with Crippen molar-refractivity contribution in [2.75, 3.05) is 20.1 Å². The van der Waals surface area contributed by atoms with Crippen molar-refractivity contribution in [2.24, 2.45) is 4.99 Å². The van der Waals surface area contributed by atoms with Crippen LogP contribution in [0.25, 0.3) is 4.96 Å². The number of halogens is 1. The van der Waals surface area contributed by atoms with Crippen molar-refractivity contribution in [3.63, 3.8) is 0 Å². The molecule has 0 aliphatic rings. The molecule has 0 spiro atoms. The number of aliphatic imine (C=N–C) groups is 1. The second-order valence-corrected chi connectivity index (χ2v) is 7.33. The number of nitrogens with one attached hydrogen (secondary N) is 3. The highest BCUT2D eigenvalue weighted by molar-refractivity contribution is 14.0. The van der Waals surface area contributed by atoms with Crippen LogP contribution in [0.4, 0.5) is 4.79 Å². The summed E-state index contributed by atoms with van der Waals surface area (Å²) in [6.07, 6.45) is 4.35. The van der Waals surface area contributed by atoms with Gasteiger partial charge in [-0.25, -0.2) is 9.78 Å². The number of amides is 1. The standard InChI is InChI=1S/C16H26N6O2S.HI/c1-16(2,3)24-15(23)19-7-5-6-18-13(17-4)20-10-12-11-22-8-9-25-14(22)21-12;/h8-9,11H,5-7,10H2,1-4H3,(H,19,23)(H2,17,18,20);1H. The maximum atomic E-state index is 11.5. The van der Waals surface area contributed by atoms with E-state index >= 15 is 0 Å². The number of hydrogen-bond donors (Lipinski definition) is 3. The minimum Gasteiger partial charge on any atom is -0.444 e. The van der Waals surface area contributed by atoms with E-state index < -0.39 is 11.7 Å². The average Bonchev–Trinajstić information content (AvgIpc) is 3.09. The maximum absolute atomic E-state index is 11.5. The van der Waals surface area contributed by atoms with Crippen LogP contribution in [0.1, 0.15) is 32.9 Å². The van der Waals surface area contributed by atoms with Gasteiger partial charge in [-0.2, -0.15) is 0 Å². The number of ether oxygens (including phenoxy) is 1. The van der Waals surface area contributed by atoms with Crippen molar-refractivity contribution in [1.82, 2.24) is 25.3 Å². The third-order valence-electron chi connectivity index (χ3n) is 3.12. The lowest BCUT2D eigenvalue weighted by Crippen LogP contribution is -2.39. The van der Waals surface area contributed by atoms with Gasteiger partial charge in [-0.3, -0.25) is 9.39 Å². The van der Waals surface area contributed by atoms with Gasteiger partial charge < -0.3 is 20.7 Å². The van der Waals surface area contributed by atoms with Gasteiger partial charge in [0.05, 0.1) is 12.2 Å². The minimum absolute atomic E-state index is 0. The molecule has 10 heteroatoms. The van der Waals surface area contributed by atoms with Gasteiger partial charge in [-0.05, 0) is 27.2 Å². The molecule has 0 unspecified atom stereocenters. The Labute approximate surface area is 174 Å². The summed E-state index contributed by atoms with van der Waals surface area (Å²) in [5, 5.41) is 11.2. The van der Waals surface area contributed by atoms with Gasteiger partial charge >= 0.3 is 6.09 Å². The van der Waals surface area contributed by atoms with E-state index in [2.05, 4.69) is 25.9 Å². The molecular weight excluding hydrogens is 467 g/mol. The van der Waals surface area contributed by atoms with E-state index in [4.69, 9.17) is 4.74 Å². The van der Waals surface area contributed by atoms with Crippen LogP contribution < -0.4 is 16.0 Å². The predicted octanol–water partition coefficient (Wildman–Crippen LogP) is 2.59. The Morgan fingerprint density at radius 2 is 2.04 bits per heavy atom. The fourth-order valence-corrected chi connectivity index (χ4v) is 2.77. The van der Waals surface area contributed by atoms with E-state index in [0.717, 1.165) is 17.1 Å². The Morgan fingerprint density at radius 3 is 2.69 bits per heavy atom. The van der Waals surface area contributed by atoms with Gasteiger partial charge in [0.15, 0.2) is 10.9 Å². The van der Waals surface area contributed by atoms with Crippen LogP contribution in [-0.4, -0.2) is 47.2 Å². The van der Waals surface area contributed by atoms with Crippen LogP contribution >= 0.6 is 35.3 Å².